The van der Waals surface area contributed by atoms with Crippen LogP contribution in [0.3, 0.4) is 0 Å². The summed E-state index contributed by atoms with van der Waals surface area (Å²) in [6.45, 7) is 5.40. The summed E-state index contributed by atoms with van der Waals surface area (Å²) in [5, 5.41) is 9.02. The second kappa shape index (κ2) is 6.40. The van der Waals surface area contributed by atoms with Crippen molar-refractivity contribution in [1.29, 1.82) is 0 Å². The molecular weight excluding hydrogens is 214 g/mol. The maximum atomic E-state index is 11.0. The molecule has 0 fully saturated rings. The average molecular weight is 235 g/mol. The molecule has 0 aliphatic carbocycles. The molecule has 0 spiro atoms. The molecule has 0 amide bonds. The highest BCUT2D eigenvalue weighted by molar-refractivity contribution is 5.70. The van der Waals surface area contributed by atoms with E-state index in [1.54, 1.807) is 0 Å². The maximum absolute atomic E-state index is 11.0. The van der Waals surface area contributed by atoms with Crippen LogP contribution in [-0.2, 0) is 11.3 Å². The smallest absolute Gasteiger partial charge is 0.307 e. The molecule has 1 atom stereocenters. The van der Waals surface area contributed by atoms with Crippen molar-refractivity contribution < 1.29 is 9.90 Å². The number of aliphatic carboxylic acids is 1. The molecular formula is C14H21NO2. The topological polar surface area (TPSA) is 40.5 Å². The quantitative estimate of drug-likeness (QED) is 0.823. The van der Waals surface area contributed by atoms with Crippen molar-refractivity contribution in [3.63, 3.8) is 0 Å². The molecule has 0 aliphatic rings. The zero-order chi connectivity index (χ0) is 12.8. The van der Waals surface area contributed by atoms with E-state index in [4.69, 9.17) is 5.11 Å². The van der Waals surface area contributed by atoms with Crippen LogP contribution in [-0.4, -0.2) is 29.6 Å². The summed E-state index contributed by atoms with van der Waals surface area (Å²) in [5.74, 6) is -0.979. The molecule has 0 bridgehead atoms. The molecule has 0 heterocycles. The van der Waals surface area contributed by atoms with Gasteiger partial charge in [0.05, 0.1) is 5.92 Å². The highest BCUT2D eigenvalue weighted by Gasteiger charge is 2.17. The third kappa shape index (κ3) is 4.19. The van der Waals surface area contributed by atoms with Crippen LogP contribution in [0.4, 0.5) is 0 Å². The second-order valence-electron chi connectivity index (χ2n) is 4.57. The van der Waals surface area contributed by atoms with Gasteiger partial charge in [0.2, 0.25) is 0 Å². The van der Waals surface area contributed by atoms with Gasteiger partial charge in [0.1, 0.15) is 0 Å². The Kier molecular flexibility index (Phi) is 5.16. The number of aryl methyl sites for hydroxylation is 1. The van der Waals surface area contributed by atoms with E-state index >= 15 is 0 Å². The van der Waals surface area contributed by atoms with E-state index in [1.807, 2.05) is 26.1 Å². The van der Waals surface area contributed by atoms with Crippen LogP contribution in [0.25, 0.3) is 0 Å². The van der Waals surface area contributed by atoms with E-state index in [-0.39, 0.29) is 5.92 Å². The Morgan fingerprint density at radius 3 is 2.59 bits per heavy atom. The minimum atomic E-state index is -0.705. The predicted molar refractivity (Wildman–Crippen MR) is 68.9 cm³/mol. The molecule has 0 saturated heterocycles. The maximum Gasteiger partial charge on any atom is 0.307 e. The molecule has 17 heavy (non-hydrogen) atoms. The Labute approximate surface area is 103 Å². The Bertz CT molecular complexity index is 376. The molecule has 3 heteroatoms. The number of carboxylic acids is 1. The largest absolute Gasteiger partial charge is 0.481 e. The van der Waals surface area contributed by atoms with Crippen LogP contribution in [0.1, 0.15) is 24.5 Å². The summed E-state index contributed by atoms with van der Waals surface area (Å²) in [4.78, 5) is 13.0. The Morgan fingerprint density at radius 1 is 1.41 bits per heavy atom. The summed E-state index contributed by atoms with van der Waals surface area (Å²) >= 11 is 0. The monoisotopic (exact) mass is 235 g/mol. The molecule has 94 valence electrons. The normalized spacial score (nSPS) is 12.7. The number of benzene rings is 1. The molecule has 0 saturated carbocycles. The van der Waals surface area contributed by atoms with Crippen molar-refractivity contribution in [2.45, 2.75) is 26.8 Å². The van der Waals surface area contributed by atoms with Crippen molar-refractivity contribution >= 4 is 5.97 Å². The average Bonchev–Trinajstić information content (AvgIpc) is 2.28. The second-order valence-corrected chi connectivity index (χ2v) is 4.57. The van der Waals surface area contributed by atoms with Gasteiger partial charge in [0.15, 0.2) is 0 Å². The number of hydrogen-bond donors (Lipinski definition) is 1. The van der Waals surface area contributed by atoms with Gasteiger partial charge in [-0.2, -0.15) is 0 Å². The lowest BCUT2D eigenvalue weighted by Crippen LogP contribution is -2.29. The van der Waals surface area contributed by atoms with Crippen LogP contribution in [0.2, 0.25) is 0 Å². The Balaban J connectivity index is 2.58. The van der Waals surface area contributed by atoms with Crippen molar-refractivity contribution in [3.8, 4) is 0 Å². The van der Waals surface area contributed by atoms with Gasteiger partial charge >= 0.3 is 5.97 Å². The fourth-order valence-electron chi connectivity index (χ4n) is 1.90. The zero-order valence-electron chi connectivity index (χ0n) is 10.8. The van der Waals surface area contributed by atoms with Crippen molar-refractivity contribution in [1.82, 2.24) is 4.90 Å². The van der Waals surface area contributed by atoms with Crippen LogP contribution in [0.15, 0.2) is 24.3 Å². The first-order chi connectivity index (χ1) is 8.04. The SMILES string of the molecule is CCC(CN(C)Cc1ccccc1C)C(=O)O. The first kappa shape index (κ1) is 13.7. The molecule has 1 aromatic carbocycles. The van der Waals surface area contributed by atoms with Gasteiger partial charge in [-0.15, -0.1) is 0 Å². The standard InChI is InChI=1S/C14H21NO2/c1-4-12(14(16)17)9-15(3)10-13-8-6-5-7-11(13)2/h5-8,12H,4,9-10H2,1-3H3,(H,16,17). The van der Waals surface area contributed by atoms with Crippen molar-refractivity contribution in [2.75, 3.05) is 13.6 Å². The van der Waals surface area contributed by atoms with E-state index in [2.05, 4.69) is 24.0 Å². The van der Waals surface area contributed by atoms with Crippen LogP contribution in [0.5, 0.6) is 0 Å². The van der Waals surface area contributed by atoms with Crippen molar-refractivity contribution in [3.05, 3.63) is 35.4 Å². The number of hydrogen-bond acceptors (Lipinski definition) is 2. The number of nitrogens with zero attached hydrogens (tertiary/aromatic N) is 1. The Morgan fingerprint density at radius 2 is 2.06 bits per heavy atom. The molecule has 1 N–H and O–H groups in total. The van der Waals surface area contributed by atoms with E-state index in [1.165, 1.54) is 11.1 Å². The van der Waals surface area contributed by atoms with Crippen LogP contribution >= 0.6 is 0 Å². The fraction of sp³-hybridized carbons (Fsp3) is 0.500. The lowest BCUT2D eigenvalue weighted by Gasteiger charge is -2.21. The summed E-state index contributed by atoms with van der Waals surface area (Å²) in [5.41, 5.74) is 2.51. The third-order valence-electron chi connectivity index (χ3n) is 3.08. The van der Waals surface area contributed by atoms with Gasteiger partial charge in [0, 0.05) is 13.1 Å². The summed E-state index contributed by atoms with van der Waals surface area (Å²) in [6.07, 6.45) is 0.674. The lowest BCUT2D eigenvalue weighted by atomic mass is 10.1. The van der Waals surface area contributed by atoms with Gasteiger partial charge in [-0.25, -0.2) is 0 Å². The highest BCUT2D eigenvalue weighted by Crippen LogP contribution is 2.12. The van der Waals surface area contributed by atoms with E-state index in [0.29, 0.717) is 13.0 Å². The molecule has 0 radical (unpaired) electrons. The van der Waals surface area contributed by atoms with Gasteiger partial charge < -0.3 is 10.0 Å². The molecule has 0 aromatic heterocycles. The van der Waals surface area contributed by atoms with Gasteiger partial charge in [-0.05, 0) is 31.5 Å². The fourth-order valence-corrected chi connectivity index (χ4v) is 1.90. The molecule has 1 aromatic rings. The summed E-state index contributed by atoms with van der Waals surface area (Å²) in [7, 11) is 1.97. The summed E-state index contributed by atoms with van der Waals surface area (Å²) in [6, 6.07) is 8.21. The summed E-state index contributed by atoms with van der Waals surface area (Å²) < 4.78 is 0. The third-order valence-corrected chi connectivity index (χ3v) is 3.08. The van der Waals surface area contributed by atoms with Gasteiger partial charge in [-0.3, -0.25) is 4.79 Å². The molecule has 1 rings (SSSR count). The highest BCUT2D eigenvalue weighted by atomic mass is 16.4. The minimum absolute atomic E-state index is 0.274. The van der Waals surface area contributed by atoms with E-state index in [0.717, 1.165) is 6.54 Å². The number of rotatable bonds is 6. The van der Waals surface area contributed by atoms with Crippen molar-refractivity contribution in [2.24, 2.45) is 5.92 Å². The first-order valence-corrected chi connectivity index (χ1v) is 6.00. The zero-order valence-corrected chi connectivity index (χ0v) is 10.8. The number of carbonyl (C=O) groups is 1. The van der Waals surface area contributed by atoms with E-state index in [9.17, 15) is 4.79 Å². The first-order valence-electron chi connectivity index (χ1n) is 6.00. The Hall–Kier alpha value is -1.35. The van der Waals surface area contributed by atoms with E-state index < -0.39 is 5.97 Å². The predicted octanol–water partition coefficient (Wildman–Crippen LogP) is 2.54. The molecule has 0 aliphatic heterocycles. The van der Waals surface area contributed by atoms with Gasteiger partial charge in [-0.1, -0.05) is 31.2 Å². The van der Waals surface area contributed by atoms with Crippen LogP contribution in [0, 0.1) is 12.8 Å². The molecule has 3 nitrogen and oxygen atoms in total. The minimum Gasteiger partial charge on any atom is -0.481 e. The number of carboxylic acid groups (broad SMARTS) is 1. The van der Waals surface area contributed by atoms with Crippen LogP contribution < -0.4 is 0 Å². The lowest BCUT2D eigenvalue weighted by molar-refractivity contribution is -0.142. The van der Waals surface area contributed by atoms with Gasteiger partial charge in [0.25, 0.3) is 0 Å². The molecule has 1 unspecified atom stereocenters.